The summed E-state index contributed by atoms with van der Waals surface area (Å²) in [6, 6.07) is 0.249. The molecule has 1 atom stereocenters. The molecule has 2 rings (SSSR count). The highest BCUT2D eigenvalue weighted by Crippen LogP contribution is 2.18. The van der Waals surface area contributed by atoms with Crippen LogP contribution in [0.15, 0.2) is 4.52 Å². The summed E-state index contributed by atoms with van der Waals surface area (Å²) in [5.41, 5.74) is 0. The number of hydrogen-bond acceptors (Lipinski definition) is 5. The third-order valence-corrected chi connectivity index (χ3v) is 2.88. The van der Waals surface area contributed by atoms with Gasteiger partial charge in [-0.15, -0.1) is 0 Å². The Morgan fingerprint density at radius 3 is 3.06 bits per heavy atom. The summed E-state index contributed by atoms with van der Waals surface area (Å²) in [6.07, 6.45) is 0.858. The lowest BCUT2D eigenvalue weighted by molar-refractivity contribution is 0.190. The van der Waals surface area contributed by atoms with E-state index >= 15 is 0 Å². The lowest BCUT2D eigenvalue weighted by atomic mass is 10.1. The topological polar surface area (TPSA) is 54.2 Å². The van der Waals surface area contributed by atoms with Gasteiger partial charge in [-0.2, -0.15) is 4.98 Å². The fraction of sp³-hybridized carbons (Fsp3) is 0.818. The third kappa shape index (κ3) is 2.59. The molecule has 0 spiro atoms. The molecule has 1 N–H and O–H groups in total. The molecule has 5 nitrogen and oxygen atoms in total. The Morgan fingerprint density at radius 1 is 1.56 bits per heavy atom. The van der Waals surface area contributed by atoms with Gasteiger partial charge in [-0.05, 0) is 13.0 Å². The fourth-order valence-electron chi connectivity index (χ4n) is 1.93. The van der Waals surface area contributed by atoms with Gasteiger partial charge >= 0.3 is 0 Å². The average Bonchev–Trinajstić information content (AvgIpc) is 2.66. The molecule has 1 aliphatic heterocycles. The van der Waals surface area contributed by atoms with Crippen molar-refractivity contribution in [1.82, 2.24) is 20.4 Å². The molecule has 0 aliphatic carbocycles. The lowest BCUT2D eigenvalue weighted by Gasteiger charge is -2.30. The van der Waals surface area contributed by atoms with Crippen LogP contribution >= 0.6 is 0 Å². The van der Waals surface area contributed by atoms with Crippen LogP contribution in [-0.2, 0) is 6.42 Å². The van der Waals surface area contributed by atoms with E-state index in [9.17, 15) is 0 Å². The minimum atomic E-state index is 0.249. The second kappa shape index (κ2) is 4.93. The number of hydrogen-bond donors (Lipinski definition) is 1. The first-order valence-corrected chi connectivity index (χ1v) is 5.90. The Bertz CT molecular complexity index is 336. The van der Waals surface area contributed by atoms with Crippen molar-refractivity contribution in [3.63, 3.8) is 0 Å². The highest BCUT2D eigenvalue weighted by Gasteiger charge is 2.25. The molecule has 5 heteroatoms. The van der Waals surface area contributed by atoms with Crippen molar-refractivity contribution in [1.29, 1.82) is 0 Å². The summed E-state index contributed by atoms with van der Waals surface area (Å²) in [6.45, 7) is 7.26. The smallest absolute Gasteiger partial charge is 0.226 e. The molecule has 1 fully saturated rings. The van der Waals surface area contributed by atoms with Gasteiger partial charge in [-0.3, -0.25) is 4.90 Å². The minimum absolute atomic E-state index is 0.249. The molecule has 2 heterocycles. The fourth-order valence-corrected chi connectivity index (χ4v) is 1.93. The molecule has 0 radical (unpaired) electrons. The summed E-state index contributed by atoms with van der Waals surface area (Å²) in [7, 11) is 2.10. The monoisotopic (exact) mass is 224 g/mol. The molecule has 1 unspecified atom stereocenters. The first kappa shape index (κ1) is 11.5. The van der Waals surface area contributed by atoms with Crippen LogP contribution in [0.1, 0.15) is 31.6 Å². The van der Waals surface area contributed by atoms with E-state index in [0.29, 0.717) is 5.92 Å². The number of aromatic nitrogens is 2. The molecular formula is C11H20N4O. The molecule has 1 aromatic rings. The van der Waals surface area contributed by atoms with E-state index in [2.05, 4.69) is 41.3 Å². The number of piperazine rings is 1. The van der Waals surface area contributed by atoms with Gasteiger partial charge in [0.25, 0.3) is 0 Å². The van der Waals surface area contributed by atoms with Crippen LogP contribution in [0.4, 0.5) is 0 Å². The summed E-state index contributed by atoms with van der Waals surface area (Å²) < 4.78 is 5.26. The maximum Gasteiger partial charge on any atom is 0.226 e. The molecule has 90 valence electrons. The van der Waals surface area contributed by atoms with Gasteiger partial charge in [0, 0.05) is 26.1 Å². The summed E-state index contributed by atoms with van der Waals surface area (Å²) in [5, 5.41) is 7.43. The standard InChI is InChI=1S/C11H20N4O/c1-8(2)6-10-13-11(14-16-10)9-7-12-4-5-15(9)3/h8-9,12H,4-7H2,1-3H3. The predicted octanol–water partition coefficient (Wildman–Crippen LogP) is 0.844. The van der Waals surface area contributed by atoms with Gasteiger partial charge in [0.1, 0.15) is 0 Å². The molecule has 1 aliphatic rings. The third-order valence-electron chi connectivity index (χ3n) is 2.88. The first-order chi connectivity index (χ1) is 7.66. The minimum Gasteiger partial charge on any atom is -0.339 e. The van der Waals surface area contributed by atoms with Crippen LogP contribution in [0.3, 0.4) is 0 Å². The van der Waals surface area contributed by atoms with E-state index in [1.807, 2.05) is 0 Å². The van der Waals surface area contributed by atoms with E-state index in [0.717, 1.165) is 37.8 Å². The molecule has 1 saturated heterocycles. The van der Waals surface area contributed by atoms with Crippen molar-refractivity contribution in [2.24, 2.45) is 5.92 Å². The number of rotatable bonds is 3. The second-order valence-corrected chi connectivity index (χ2v) is 4.84. The zero-order valence-corrected chi connectivity index (χ0v) is 10.2. The summed E-state index contributed by atoms with van der Waals surface area (Å²) in [5.74, 6) is 2.12. The Hall–Kier alpha value is -0.940. The zero-order valence-electron chi connectivity index (χ0n) is 10.2. The van der Waals surface area contributed by atoms with Crippen molar-refractivity contribution in [2.45, 2.75) is 26.3 Å². The van der Waals surface area contributed by atoms with Crippen LogP contribution in [0.2, 0.25) is 0 Å². The Labute approximate surface area is 96.2 Å². The maximum atomic E-state index is 5.26. The SMILES string of the molecule is CC(C)Cc1nc(C2CNCCN2C)no1. The van der Waals surface area contributed by atoms with Gasteiger partial charge in [0.05, 0.1) is 6.04 Å². The largest absolute Gasteiger partial charge is 0.339 e. The maximum absolute atomic E-state index is 5.26. The molecule has 1 aromatic heterocycles. The normalized spacial score (nSPS) is 22.9. The van der Waals surface area contributed by atoms with E-state index in [-0.39, 0.29) is 6.04 Å². The predicted molar refractivity (Wildman–Crippen MR) is 61.1 cm³/mol. The van der Waals surface area contributed by atoms with Crippen LogP contribution in [-0.4, -0.2) is 41.7 Å². The quantitative estimate of drug-likeness (QED) is 0.824. The molecule has 16 heavy (non-hydrogen) atoms. The Balaban J connectivity index is 2.05. The van der Waals surface area contributed by atoms with Crippen molar-refractivity contribution in [3.8, 4) is 0 Å². The average molecular weight is 224 g/mol. The second-order valence-electron chi connectivity index (χ2n) is 4.84. The van der Waals surface area contributed by atoms with Crippen LogP contribution in [0.25, 0.3) is 0 Å². The van der Waals surface area contributed by atoms with Crippen LogP contribution < -0.4 is 5.32 Å². The number of nitrogens with zero attached hydrogens (tertiary/aromatic N) is 3. The van der Waals surface area contributed by atoms with Gasteiger partial charge in [-0.1, -0.05) is 19.0 Å². The summed E-state index contributed by atoms with van der Waals surface area (Å²) in [4.78, 5) is 6.73. The van der Waals surface area contributed by atoms with Crippen molar-refractivity contribution >= 4 is 0 Å². The van der Waals surface area contributed by atoms with Gasteiger partial charge in [0.15, 0.2) is 5.82 Å². The van der Waals surface area contributed by atoms with E-state index in [1.54, 1.807) is 0 Å². The van der Waals surface area contributed by atoms with E-state index in [1.165, 1.54) is 0 Å². The lowest BCUT2D eigenvalue weighted by Crippen LogP contribution is -2.44. The Kier molecular flexibility index (Phi) is 3.56. The highest BCUT2D eigenvalue weighted by molar-refractivity contribution is 4.97. The zero-order chi connectivity index (χ0) is 11.5. The molecule has 0 bridgehead atoms. The van der Waals surface area contributed by atoms with Gasteiger partial charge in [0.2, 0.25) is 5.89 Å². The van der Waals surface area contributed by atoms with Crippen molar-refractivity contribution in [2.75, 3.05) is 26.7 Å². The van der Waals surface area contributed by atoms with E-state index in [4.69, 9.17) is 4.52 Å². The summed E-state index contributed by atoms with van der Waals surface area (Å²) >= 11 is 0. The number of nitrogens with one attached hydrogen (secondary N) is 1. The van der Waals surface area contributed by atoms with Crippen LogP contribution in [0.5, 0.6) is 0 Å². The van der Waals surface area contributed by atoms with Crippen molar-refractivity contribution in [3.05, 3.63) is 11.7 Å². The Morgan fingerprint density at radius 2 is 2.38 bits per heavy atom. The molecule has 0 saturated carbocycles. The van der Waals surface area contributed by atoms with Gasteiger partial charge in [-0.25, -0.2) is 0 Å². The highest BCUT2D eigenvalue weighted by atomic mass is 16.5. The molecule has 0 aromatic carbocycles. The van der Waals surface area contributed by atoms with Crippen LogP contribution in [0, 0.1) is 5.92 Å². The molecule has 0 amide bonds. The first-order valence-electron chi connectivity index (χ1n) is 5.90. The van der Waals surface area contributed by atoms with E-state index < -0.39 is 0 Å². The molecular weight excluding hydrogens is 204 g/mol. The van der Waals surface area contributed by atoms with Gasteiger partial charge < -0.3 is 9.84 Å². The van der Waals surface area contributed by atoms with Crippen molar-refractivity contribution < 1.29 is 4.52 Å². The number of likely N-dealkylation sites (N-methyl/N-ethyl adjacent to an activating group) is 1.